The van der Waals surface area contributed by atoms with Crippen LogP contribution in [0, 0.1) is 0 Å². The van der Waals surface area contributed by atoms with Crippen molar-refractivity contribution in [3.8, 4) is 11.5 Å². The molecule has 4 heteroatoms. The number of rotatable bonds is 8. The van der Waals surface area contributed by atoms with Crippen molar-refractivity contribution in [1.82, 2.24) is 5.32 Å². The molecule has 2 aromatic carbocycles. The highest BCUT2D eigenvalue weighted by Gasteiger charge is 2.00. The first kappa shape index (κ1) is 18.6. The van der Waals surface area contributed by atoms with Gasteiger partial charge in [-0.15, -0.1) is 0 Å². The summed E-state index contributed by atoms with van der Waals surface area (Å²) < 4.78 is 10.8. The number of benzene rings is 2. The Bertz CT molecular complexity index is 705. The predicted octanol–water partition coefficient (Wildman–Crippen LogP) is 3.85. The van der Waals surface area contributed by atoms with Crippen LogP contribution in [0.5, 0.6) is 11.5 Å². The van der Waals surface area contributed by atoms with Crippen LogP contribution in [0.2, 0.25) is 0 Å². The van der Waals surface area contributed by atoms with Crippen LogP contribution in [0.4, 0.5) is 0 Å². The molecule has 1 amide bonds. The van der Waals surface area contributed by atoms with E-state index >= 15 is 0 Å². The van der Waals surface area contributed by atoms with Gasteiger partial charge in [-0.05, 0) is 61.7 Å². The lowest BCUT2D eigenvalue weighted by Gasteiger charge is -2.09. The van der Waals surface area contributed by atoms with Crippen molar-refractivity contribution in [3.63, 3.8) is 0 Å². The van der Waals surface area contributed by atoms with Crippen molar-refractivity contribution in [1.29, 1.82) is 0 Å². The molecular formula is C21H25NO3. The molecule has 0 aromatic heterocycles. The molecule has 0 unspecified atom stereocenters. The number of hydrogen-bond donors (Lipinski definition) is 1. The van der Waals surface area contributed by atoms with E-state index in [1.807, 2.05) is 62.4 Å². The zero-order chi connectivity index (χ0) is 18.1. The minimum atomic E-state index is -0.108. The monoisotopic (exact) mass is 339 g/mol. The van der Waals surface area contributed by atoms with Gasteiger partial charge in [0.05, 0.1) is 13.2 Å². The summed E-state index contributed by atoms with van der Waals surface area (Å²) in [6, 6.07) is 15.5. The lowest BCUT2D eigenvalue weighted by molar-refractivity contribution is -0.116. The van der Waals surface area contributed by atoms with E-state index in [0.29, 0.717) is 6.54 Å². The largest absolute Gasteiger partial charge is 0.497 e. The zero-order valence-electron chi connectivity index (χ0n) is 15.0. The average molecular weight is 339 g/mol. The Labute approximate surface area is 149 Å². The lowest BCUT2D eigenvalue weighted by Crippen LogP contribution is -2.23. The summed E-state index contributed by atoms with van der Waals surface area (Å²) in [4.78, 5) is 11.9. The first-order chi connectivity index (χ1) is 12.1. The predicted molar refractivity (Wildman–Crippen MR) is 101 cm³/mol. The fraction of sp³-hybridized carbons (Fsp3) is 0.286. The molecule has 0 heterocycles. The fourth-order valence-corrected chi connectivity index (χ4v) is 2.32. The molecule has 0 spiro atoms. The van der Waals surface area contributed by atoms with Gasteiger partial charge in [-0.1, -0.05) is 24.3 Å². The van der Waals surface area contributed by atoms with Crippen molar-refractivity contribution >= 4 is 12.0 Å². The average Bonchev–Trinajstić information content (AvgIpc) is 2.60. The van der Waals surface area contributed by atoms with E-state index < -0.39 is 0 Å². The summed E-state index contributed by atoms with van der Waals surface area (Å²) in [5.41, 5.74) is 2.09. The van der Waals surface area contributed by atoms with Crippen LogP contribution in [0.3, 0.4) is 0 Å². The van der Waals surface area contributed by atoms with E-state index in [1.54, 1.807) is 19.3 Å². The van der Waals surface area contributed by atoms with Crippen molar-refractivity contribution < 1.29 is 14.3 Å². The molecule has 25 heavy (non-hydrogen) atoms. The zero-order valence-corrected chi connectivity index (χ0v) is 15.0. The fourth-order valence-electron chi connectivity index (χ4n) is 2.32. The van der Waals surface area contributed by atoms with Gasteiger partial charge in [-0.3, -0.25) is 4.79 Å². The van der Waals surface area contributed by atoms with Crippen molar-refractivity contribution in [3.05, 3.63) is 65.7 Å². The molecule has 132 valence electrons. The second-order valence-corrected chi connectivity index (χ2v) is 5.96. The summed E-state index contributed by atoms with van der Waals surface area (Å²) in [5.74, 6) is 1.53. The SMILES string of the molecule is COc1ccc(CCNC(=O)/C=C/c2cccc(OC(C)C)c2)cc1. The van der Waals surface area contributed by atoms with Crippen molar-refractivity contribution in [2.75, 3.05) is 13.7 Å². The van der Waals surface area contributed by atoms with E-state index in [1.165, 1.54) is 0 Å². The van der Waals surface area contributed by atoms with Crippen molar-refractivity contribution in [2.24, 2.45) is 0 Å². The van der Waals surface area contributed by atoms with Crippen molar-refractivity contribution in [2.45, 2.75) is 26.4 Å². The Kier molecular flexibility index (Phi) is 7.08. The van der Waals surface area contributed by atoms with Gasteiger partial charge < -0.3 is 14.8 Å². The molecule has 1 N–H and O–H groups in total. The van der Waals surface area contributed by atoms with Gasteiger partial charge >= 0.3 is 0 Å². The maximum Gasteiger partial charge on any atom is 0.244 e. The molecule has 4 nitrogen and oxygen atoms in total. The second kappa shape index (κ2) is 9.52. The Balaban J connectivity index is 1.80. The molecule has 2 aromatic rings. The topological polar surface area (TPSA) is 47.6 Å². The van der Waals surface area contributed by atoms with Crippen LogP contribution >= 0.6 is 0 Å². The quantitative estimate of drug-likeness (QED) is 0.743. The third kappa shape index (κ3) is 6.71. The van der Waals surface area contributed by atoms with Gasteiger partial charge in [0.15, 0.2) is 0 Å². The minimum absolute atomic E-state index is 0.108. The third-order valence-electron chi connectivity index (χ3n) is 3.53. The summed E-state index contributed by atoms with van der Waals surface area (Å²) in [6.45, 7) is 4.56. The van der Waals surface area contributed by atoms with Gasteiger partial charge in [-0.25, -0.2) is 0 Å². The number of nitrogens with one attached hydrogen (secondary N) is 1. The van der Waals surface area contributed by atoms with E-state index in [2.05, 4.69) is 5.32 Å². The van der Waals surface area contributed by atoms with E-state index in [4.69, 9.17) is 9.47 Å². The smallest absolute Gasteiger partial charge is 0.244 e. The van der Waals surface area contributed by atoms with Gasteiger partial charge in [-0.2, -0.15) is 0 Å². The summed E-state index contributed by atoms with van der Waals surface area (Å²) in [6.07, 6.45) is 4.24. The molecule has 0 bridgehead atoms. The molecule has 0 atom stereocenters. The van der Waals surface area contributed by atoms with E-state index in [0.717, 1.165) is 29.0 Å². The Morgan fingerprint density at radius 1 is 1.12 bits per heavy atom. The van der Waals surface area contributed by atoms with Crippen LogP contribution < -0.4 is 14.8 Å². The van der Waals surface area contributed by atoms with Crippen LogP contribution in [0.1, 0.15) is 25.0 Å². The van der Waals surface area contributed by atoms with E-state index in [9.17, 15) is 4.79 Å². The number of carbonyl (C=O) groups excluding carboxylic acids is 1. The summed E-state index contributed by atoms with van der Waals surface area (Å²) in [5, 5.41) is 2.89. The third-order valence-corrected chi connectivity index (χ3v) is 3.53. The Morgan fingerprint density at radius 2 is 1.88 bits per heavy atom. The highest BCUT2D eigenvalue weighted by molar-refractivity contribution is 5.91. The molecule has 0 saturated carbocycles. The molecule has 2 rings (SSSR count). The summed E-state index contributed by atoms with van der Waals surface area (Å²) in [7, 11) is 1.65. The lowest BCUT2D eigenvalue weighted by atomic mass is 10.1. The van der Waals surface area contributed by atoms with Crippen LogP contribution in [-0.4, -0.2) is 25.7 Å². The molecule has 0 radical (unpaired) electrons. The number of ether oxygens (including phenoxy) is 2. The normalized spacial score (nSPS) is 10.9. The Hall–Kier alpha value is -2.75. The standard InChI is InChI=1S/C21H25NO3/c1-16(2)25-20-6-4-5-18(15-20)9-12-21(23)22-14-13-17-7-10-19(24-3)11-8-17/h4-12,15-16H,13-14H2,1-3H3,(H,22,23)/b12-9+. The van der Waals surface area contributed by atoms with Gasteiger partial charge in [0.25, 0.3) is 0 Å². The minimum Gasteiger partial charge on any atom is -0.497 e. The van der Waals surface area contributed by atoms with Gasteiger partial charge in [0, 0.05) is 12.6 Å². The molecule has 0 aliphatic carbocycles. The molecule has 0 aliphatic heterocycles. The van der Waals surface area contributed by atoms with Crippen LogP contribution in [0.15, 0.2) is 54.6 Å². The molecule has 0 aliphatic rings. The molecular weight excluding hydrogens is 314 g/mol. The number of hydrogen-bond acceptors (Lipinski definition) is 3. The highest BCUT2D eigenvalue weighted by atomic mass is 16.5. The molecule has 0 saturated heterocycles. The highest BCUT2D eigenvalue weighted by Crippen LogP contribution is 2.16. The Morgan fingerprint density at radius 3 is 2.56 bits per heavy atom. The van der Waals surface area contributed by atoms with Gasteiger partial charge in [0.2, 0.25) is 5.91 Å². The summed E-state index contributed by atoms with van der Waals surface area (Å²) >= 11 is 0. The maximum absolute atomic E-state index is 11.9. The van der Waals surface area contributed by atoms with Crippen LogP contribution in [-0.2, 0) is 11.2 Å². The van der Waals surface area contributed by atoms with Gasteiger partial charge in [0.1, 0.15) is 11.5 Å². The van der Waals surface area contributed by atoms with Crippen LogP contribution in [0.25, 0.3) is 6.08 Å². The van der Waals surface area contributed by atoms with E-state index in [-0.39, 0.29) is 12.0 Å². The number of amides is 1. The second-order valence-electron chi connectivity index (χ2n) is 5.96. The maximum atomic E-state index is 11.9. The number of carbonyl (C=O) groups is 1. The first-order valence-corrected chi connectivity index (χ1v) is 8.42. The molecule has 0 fully saturated rings. The number of methoxy groups -OCH3 is 1. The first-order valence-electron chi connectivity index (χ1n) is 8.42.